The number of esters is 1. The molecular weight excluding hydrogens is 393 g/mol. The van der Waals surface area contributed by atoms with Gasteiger partial charge in [-0.3, -0.25) is 9.59 Å². The molecule has 7 nitrogen and oxygen atoms in total. The van der Waals surface area contributed by atoms with E-state index in [4.69, 9.17) is 27.9 Å². The predicted molar refractivity (Wildman–Crippen MR) is 104 cm³/mol. The average Bonchev–Trinajstić information content (AvgIpc) is 2.91. The summed E-state index contributed by atoms with van der Waals surface area (Å²) in [6, 6.07) is 4.85. The highest BCUT2D eigenvalue weighted by Crippen LogP contribution is 2.29. The summed E-state index contributed by atoms with van der Waals surface area (Å²) in [5.41, 5.74) is 1.79. The second-order valence-corrected chi connectivity index (χ2v) is 6.74. The Morgan fingerprint density at radius 2 is 1.78 bits per heavy atom. The first kappa shape index (κ1) is 20.8. The van der Waals surface area contributed by atoms with Gasteiger partial charge in [-0.25, -0.2) is 4.79 Å². The lowest BCUT2D eigenvalue weighted by Crippen LogP contribution is -2.35. The maximum atomic E-state index is 12.7. The first-order chi connectivity index (χ1) is 12.7. The predicted octanol–water partition coefficient (Wildman–Crippen LogP) is 3.44. The largest absolute Gasteiger partial charge is 0.465 e. The Hall–Kier alpha value is -2.51. The van der Waals surface area contributed by atoms with Crippen molar-refractivity contribution in [2.45, 2.75) is 13.8 Å². The maximum Gasteiger partial charge on any atom is 0.339 e. The van der Waals surface area contributed by atoms with Gasteiger partial charge in [0.2, 0.25) is 5.91 Å². The van der Waals surface area contributed by atoms with Crippen LogP contribution in [0.25, 0.3) is 0 Å². The van der Waals surface area contributed by atoms with Gasteiger partial charge in [0.05, 0.1) is 35.0 Å². The fourth-order valence-electron chi connectivity index (χ4n) is 2.65. The highest BCUT2D eigenvalue weighted by atomic mass is 35.5. The van der Waals surface area contributed by atoms with Gasteiger partial charge in [-0.1, -0.05) is 29.3 Å². The van der Waals surface area contributed by atoms with E-state index in [0.29, 0.717) is 26.9 Å². The monoisotopic (exact) mass is 411 g/mol. The first-order valence-electron chi connectivity index (χ1n) is 7.94. The number of nitrogens with zero attached hydrogens (tertiary/aromatic N) is 1. The quantitative estimate of drug-likeness (QED) is 0.737. The van der Waals surface area contributed by atoms with Crippen LogP contribution >= 0.6 is 23.2 Å². The molecule has 2 rings (SSSR count). The van der Waals surface area contributed by atoms with Gasteiger partial charge in [0, 0.05) is 12.7 Å². The number of hydrogen-bond donors (Lipinski definition) is 2. The smallest absolute Gasteiger partial charge is 0.339 e. The Morgan fingerprint density at radius 1 is 1.19 bits per heavy atom. The Kier molecular flexibility index (Phi) is 6.51. The molecule has 27 heavy (non-hydrogen) atoms. The van der Waals surface area contributed by atoms with E-state index in [1.54, 1.807) is 32.0 Å². The van der Waals surface area contributed by atoms with E-state index >= 15 is 0 Å². The van der Waals surface area contributed by atoms with Crippen LogP contribution in [0.3, 0.4) is 0 Å². The second-order valence-electron chi connectivity index (χ2n) is 5.92. The van der Waals surface area contributed by atoms with Gasteiger partial charge < -0.3 is 19.9 Å². The number of para-hydroxylation sites is 1. The number of H-pyrrole nitrogens is 1. The third kappa shape index (κ3) is 4.43. The molecule has 0 aliphatic carbocycles. The normalized spacial score (nSPS) is 10.4. The Labute approximate surface area is 166 Å². The van der Waals surface area contributed by atoms with Crippen LogP contribution < -0.4 is 5.32 Å². The van der Waals surface area contributed by atoms with Crippen LogP contribution in [0.5, 0.6) is 0 Å². The van der Waals surface area contributed by atoms with Crippen LogP contribution in [0.15, 0.2) is 18.2 Å². The van der Waals surface area contributed by atoms with Crippen molar-refractivity contribution in [1.82, 2.24) is 9.88 Å². The number of ether oxygens (including phenoxy) is 1. The lowest BCUT2D eigenvalue weighted by molar-refractivity contribution is -0.116. The minimum Gasteiger partial charge on any atom is -0.465 e. The van der Waals surface area contributed by atoms with Crippen molar-refractivity contribution < 1.29 is 19.1 Å². The van der Waals surface area contributed by atoms with Crippen molar-refractivity contribution in [2.24, 2.45) is 0 Å². The molecule has 1 aromatic heterocycles. The summed E-state index contributed by atoms with van der Waals surface area (Å²) < 4.78 is 4.73. The molecule has 0 fully saturated rings. The number of nitrogens with one attached hydrogen (secondary N) is 2. The fourth-order valence-corrected chi connectivity index (χ4v) is 3.14. The van der Waals surface area contributed by atoms with E-state index in [1.807, 2.05) is 0 Å². The number of anilines is 1. The second kappa shape index (κ2) is 8.45. The van der Waals surface area contributed by atoms with Gasteiger partial charge in [0.15, 0.2) is 0 Å². The van der Waals surface area contributed by atoms with Gasteiger partial charge >= 0.3 is 5.97 Å². The molecular formula is C18H19Cl2N3O4. The minimum atomic E-state index is -0.533. The maximum absolute atomic E-state index is 12.7. The Balaban J connectivity index is 2.14. The standard InChI is InChI=1S/C18H19Cl2N3O4/c1-9-14(18(26)27-4)10(2)21-15(9)17(25)23(3)8-13(24)22-16-11(19)6-5-7-12(16)20/h5-7,21H,8H2,1-4H3,(H,22,24). The van der Waals surface area contributed by atoms with Crippen LogP contribution in [0.1, 0.15) is 32.1 Å². The molecule has 9 heteroatoms. The van der Waals surface area contributed by atoms with E-state index in [2.05, 4.69) is 10.3 Å². The lowest BCUT2D eigenvalue weighted by Gasteiger charge is -2.17. The van der Waals surface area contributed by atoms with Gasteiger partial charge in [0.1, 0.15) is 5.69 Å². The van der Waals surface area contributed by atoms with Crippen molar-refractivity contribution in [3.63, 3.8) is 0 Å². The number of carbonyl (C=O) groups excluding carboxylic acids is 3. The lowest BCUT2D eigenvalue weighted by atomic mass is 10.1. The van der Waals surface area contributed by atoms with Crippen LogP contribution in [0, 0.1) is 13.8 Å². The molecule has 2 N–H and O–H groups in total. The van der Waals surface area contributed by atoms with Gasteiger partial charge in [0.25, 0.3) is 5.91 Å². The number of aromatic nitrogens is 1. The molecule has 0 saturated heterocycles. The molecule has 0 aliphatic rings. The molecule has 2 amide bonds. The highest BCUT2D eigenvalue weighted by molar-refractivity contribution is 6.39. The summed E-state index contributed by atoms with van der Waals surface area (Å²) >= 11 is 12.0. The highest BCUT2D eigenvalue weighted by Gasteiger charge is 2.25. The molecule has 144 valence electrons. The molecule has 0 radical (unpaired) electrons. The number of halogens is 2. The summed E-state index contributed by atoms with van der Waals surface area (Å²) in [5.74, 6) is -1.44. The Bertz CT molecular complexity index is 888. The first-order valence-corrected chi connectivity index (χ1v) is 8.69. The van der Waals surface area contributed by atoms with E-state index in [-0.39, 0.29) is 17.9 Å². The average molecular weight is 412 g/mol. The summed E-state index contributed by atoms with van der Waals surface area (Å²) in [4.78, 5) is 40.9. The molecule has 0 saturated carbocycles. The molecule has 0 atom stereocenters. The van der Waals surface area contributed by atoms with Crippen LogP contribution in [-0.4, -0.2) is 48.4 Å². The number of hydrogen-bond acceptors (Lipinski definition) is 4. The SMILES string of the molecule is COC(=O)c1c(C)[nH]c(C(=O)N(C)CC(=O)Nc2c(Cl)cccc2Cl)c1C. The molecule has 0 unspecified atom stereocenters. The van der Waals surface area contributed by atoms with E-state index < -0.39 is 17.8 Å². The number of rotatable bonds is 5. The van der Waals surface area contributed by atoms with E-state index in [0.717, 1.165) is 0 Å². The van der Waals surface area contributed by atoms with Crippen molar-refractivity contribution in [2.75, 3.05) is 26.0 Å². The molecule has 0 bridgehead atoms. The van der Waals surface area contributed by atoms with Crippen molar-refractivity contribution in [3.05, 3.63) is 50.8 Å². The zero-order valence-electron chi connectivity index (χ0n) is 15.3. The molecule has 0 aliphatic heterocycles. The summed E-state index contributed by atoms with van der Waals surface area (Å²) in [5, 5.41) is 3.18. The fraction of sp³-hybridized carbons (Fsp3) is 0.278. The van der Waals surface area contributed by atoms with Crippen molar-refractivity contribution in [1.29, 1.82) is 0 Å². The molecule has 1 aromatic carbocycles. The van der Waals surface area contributed by atoms with Gasteiger partial charge in [-0.2, -0.15) is 0 Å². The van der Waals surface area contributed by atoms with Gasteiger partial charge in [-0.15, -0.1) is 0 Å². The van der Waals surface area contributed by atoms with Crippen molar-refractivity contribution >= 4 is 46.7 Å². The van der Waals surface area contributed by atoms with Crippen molar-refractivity contribution in [3.8, 4) is 0 Å². The number of benzene rings is 1. The molecule has 1 heterocycles. The van der Waals surface area contributed by atoms with Crippen LogP contribution in [0.4, 0.5) is 5.69 Å². The Morgan fingerprint density at radius 3 is 2.33 bits per heavy atom. The van der Waals surface area contributed by atoms with E-state index in [9.17, 15) is 14.4 Å². The number of carbonyl (C=O) groups is 3. The third-order valence-corrected chi connectivity index (χ3v) is 4.63. The zero-order chi connectivity index (χ0) is 20.3. The number of aryl methyl sites for hydroxylation is 1. The molecule has 2 aromatic rings. The van der Waals surface area contributed by atoms with Crippen LogP contribution in [0.2, 0.25) is 10.0 Å². The zero-order valence-corrected chi connectivity index (χ0v) is 16.8. The third-order valence-electron chi connectivity index (χ3n) is 4.00. The van der Waals surface area contributed by atoms with Gasteiger partial charge in [-0.05, 0) is 31.5 Å². The topological polar surface area (TPSA) is 91.5 Å². The van der Waals surface area contributed by atoms with E-state index in [1.165, 1.54) is 19.1 Å². The number of amides is 2. The number of aromatic amines is 1. The summed E-state index contributed by atoms with van der Waals surface area (Å²) in [7, 11) is 2.75. The number of likely N-dealkylation sites (N-methyl/N-ethyl adjacent to an activating group) is 1. The summed E-state index contributed by atoms with van der Waals surface area (Å²) in [6.07, 6.45) is 0. The summed E-state index contributed by atoms with van der Waals surface area (Å²) in [6.45, 7) is 3.08. The number of methoxy groups -OCH3 is 1. The minimum absolute atomic E-state index is 0.221. The van der Waals surface area contributed by atoms with Crippen LogP contribution in [-0.2, 0) is 9.53 Å². The molecule has 0 spiro atoms.